The lowest BCUT2D eigenvalue weighted by Gasteiger charge is -2.15. The predicted octanol–water partition coefficient (Wildman–Crippen LogP) is 5.30. The Morgan fingerprint density at radius 2 is 1.94 bits per heavy atom. The van der Waals surface area contributed by atoms with Gasteiger partial charge in [0.25, 0.3) is 0 Å². The number of nitrogens with zero attached hydrogens (tertiary/aromatic N) is 1. The maximum atomic E-state index is 13.0. The second-order valence-electron chi connectivity index (χ2n) is 7.10. The number of aromatic nitrogens is 1. The molecule has 5 rings (SSSR count). The number of amides is 1. The molecular formula is C23H23ClN2O4S. The van der Waals surface area contributed by atoms with E-state index in [-0.39, 0.29) is 12.7 Å². The van der Waals surface area contributed by atoms with Crippen molar-refractivity contribution in [3.8, 4) is 11.5 Å². The first-order valence-corrected chi connectivity index (χ1v) is 11.4. The third-order valence-electron chi connectivity index (χ3n) is 5.32. The summed E-state index contributed by atoms with van der Waals surface area (Å²) in [5, 5.41) is 14.4. The van der Waals surface area contributed by atoms with E-state index in [9.17, 15) is 9.90 Å². The molecule has 1 aliphatic heterocycles. The van der Waals surface area contributed by atoms with Crippen LogP contribution in [0.1, 0.15) is 48.8 Å². The number of carbonyl (C=O) groups excluding carboxylic acids is 1. The molecule has 0 saturated heterocycles. The summed E-state index contributed by atoms with van der Waals surface area (Å²) in [5.41, 5.74) is 0.940. The molecule has 1 unspecified atom stereocenters. The Kier molecular flexibility index (Phi) is 6.18. The Hall–Kier alpha value is -2.61. The highest BCUT2D eigenvalue weighted by Gasteiger charge is 2.52. The van der Waals surface area contributed by atoms with Crippen LogP contribution in [0, 0.1) is 0 Å². The van der Waals surface area contributed by atoms with Crippen molar-refractivity contribution < 1.29 is 19.4 Å². The van der Waals surface area contributed by atoms with Gasteiger partial charge in [0.05, 0.1) is 10.3 Å². The number of aliphatic hydroxyl groups is 1. The van der Waals surface area contributed by atoms with Crippen LogP contribution in [0.5, 0.6) is 11.5 Å². The summed E-state index contributed by atoms with van der Waals surface area (Å²) >= 11 is 7.41. The molecule has 2 aliphatic rings. The number of hydrogen-bond acceptors (Lipinski definition) is 6. The van der Waals surface area contributed by atoms with Crippen LogP contribution in [0.2, 0.25) is 5.02 Å². The van der Waals surface area contributed by atoms with Crippen LogP contribution in [-0.2, 0) is 10.2 Å². The van der Waals surface area contributed by atoms with E-state index < -0.39 is 11.5 Å². The van der Waals surface area contributed by atoms with Gasteiger partial charge in [-0.2, -0.15) is 0 Å². The molecule has 1 aromatic heterocycles. The Labute approximate surface area is 189 Å². The number of benzene rings is 2. The lowest BCUT2D eigenvalue weighted by Crippen LogP contribution is -2.27. The average Bonchev–Trinajstić information content (AvgIpc) is 3.25. The summed E-state index contributed by atoms with van der Waals surface area (Å²) in [4.78, 5) is 17.9. The Morgan fingerprint density at radius 3 is 2.68 bits per heavy atom. The van der Waals surface area contributed by atoms with Gasteiger partial charge in [-0.3, -0.25) is 4.79 Å². The summed E-state index contributed by atoms with van der Waals surface area (Å²) in [5.74, 6) is 1.26. The van der Waals surface area contributed by atoms with Gasteiger partial charge >= 0.3 is 0 Å². The number of anilines is 1. The normalized spacial score (nSPS) is 16.1. The van der Waals surface area contributed by atoms with Crippen molar-refractivity contribution in [3.05, 3.63) is 69.7 Å². The first-order valence-electron chi connectivity index (χ1n) is 10.2. The van der Waals surface area contributed by atoms with Gasteiger partial charge in [-0.25, -0.2) is 4.98 Å². The smallest absolute Gasteiger partial charge is 0.236 e. The summed E-state index contributed by atoms with van der Waals surface area (Å²) < 4.78 is 10.8. The van der Waals surface area contributed by atoms with E-state index in [0.29, 0.717) is 32.1 Å². The van der Waals surface area contributed by atoms with Gasteiger partial charge in [0.2, 0.25) is 12.7 Å². The van der Waals surface area contributed by atoms with Crippen LogP contribution < -0.4 is 14.8 Å². The number of carbonyl (C=O) groups is 1. The van der Waals surface area contributed by atoms with Gasteiger partial charge in [-0.1, -0.05) is 61.1 Å². The van der Waals surface area contributed by atoms with Crippen LogP contribution in [0.4, 0.5) is 5.13 Å². The maximum absolute atomic E-state index is 13.0. The minimum Gasteiger partial charge on any atom is -0.454 e. The molecule has 1 saturated carbocycles. The lowest BCUT2D eigenvalue weighted by molar-refractivity contribution is -0.118. The van der Waals surface area contributed by atoms with E-state index in [1.807, 2.05) is 44.2 Å². The molecule has 0 spiro atoms. The second kappa shape index (κ2) is 8.86. The molecular weight excluding hydrogens is 436 g/mol. The molecule has 8 heteroatoms. The van der Waals surface area contributed by atoms with Crippen molar-refractivity contribution >= 4 is 34.0 Å². The van der Waals surface area contributed by atoms with E-state index in [0.717, 1.165) is 18.4 Å². The molecule has 0 radical (unpaired) electrons. The largest absolute Gasteiger partial charge is 0.454 e. The second-order valence-corrected chi connectivity index (χ2v) is 8.57. The third kappa shape index (κ3) is 4.13. The van der Waals surface area contributed by atoms with Gasteiger partial charge in [-0.15, -0.1) is 0 Å². The Balaban J connectivity index is 0.00000112. The molecule has 0 bridgehead atoms. The Morgan fingerprint density at radius 1 is 1.19 bits per heavy atom. The monoisotopic (exact) mass is 458 g/mol. The molecule has 162 valence electrons. The van der Waals surface area contributed by atoms with E-state index in [1.165, 1.54) is 11.3 Å². The lowest BCUT2D eigenvalue weighted by atomic mass is 9.94. The highest BCUT2D eigenvalue weighted by atomic mass is 35.5. The number of thiazole rings is 1. The van der Waals surface area contributed by atoms with Crippen LogP contribution in [0.15, 0.2) is 48.7 Å². The summed E-state index contributed by atoms with van der Waals surface area (Å²) in [6.45, 7) is 4.20. The average molecular weight is 459 g/mol. The minimum atomic E-state index is -0.893. The van der Waals surface area contributed by atoms with Gasteiger partial charge in [-0.05, 0) is 36.6 Å². The molecule has 31 heavy (non-hydrogen) atoms. The molecule has 2 N–H and O–H groups in total. The molecule has 3 aromatic rings. The van der Waals surface area contributed by atoms with E-state index in [1.54, 1.807) is 18.3 Å². The minimum absolute atomic E-state index is 0.107. The molecule has 2 heterocycles. The SMILES string of the molecule is CC.O=C(Nc1ncc(C(O)c2ccccc2Cl)s1)C1(c2ccc3c(c2)OCO3)CC1. The molecule has 1 fully saturated rings. The highest BCUT2D eigenvalue weighted by Crippen LogP contribution is 2.51. The van der Waals surface area contributed by atoms with E-state index in [2.05, 4.69) is 10.3 Å². The zero-order chi connectivity index (χ0) is 22.0. The highest BCUT2D eigenvalue weighted by molar-refractivity contribution is 7.15. The first-order chi connectivity index (χ1) is 15.1. The van der Waals surface area contributed by atoms with E-state index in [4.69, 9.17) is 21.1 Å². The van der Waals surface area contributed by atoms with Crippen molar-refractivity contribution in [1.82, 2.24) is 4.98 Å². The molecule has 1 amide bonds. The molecule has 2 aromatic carbocycles. The van der Waals surface area contributed by atoms with Gasteiger partial charge in [0.15, 0.2) is 16.6 Å². The maximum Gasteiger partial charge on any atom is 0.236 e. The van der Waals surface area contributed by atoms with E-state index >= 15 is 0 Å². The summed E-state index contributed by atoms with van der Waals surface area (Å²) in [6.07, 6.45) is 2.20. The van der Waals surface area contributed by atoms with Crippen LogP contribution in [-0.4, -0.2) is 22.8 Å². The fourth-order valence-electron chi connectivity index (χ4n) is 3.50. The number of ether oxygens (including phenoxy) is 2. The fraction of sp³-hybridized carbons (Fsp3) is 0.304. The zero-order valence-electron chi connectivity index (χ0n) is 17.2. The van der Waals surface area contributed by atoms with Gasteiger partial charge in [0, 0.05) is 16.8 Å². The number of rotatable bonds is 5. The Bertz CT molecular complexity index is 1100. The zero-order valence-corrected chi connectivity index (χ0v) is 18.8. The number of fused-ring (bicyclic) bond motifs is 1. The fourth-order valence-corrected chi connectivity index (χ4v) is 4.56. The van der Waals surface area contributed by atoms with Gasteiger partial charge in [0.1, 0.15) is 6.10 Å². The van der Waals surface area contributed by atoms with Crippen molar-refractivity contribution in [2.75, 3.05) is 12.1 Å². The van der Waals surface area contributed by atoms with Crippen molar-refractivity contribution in [2.45, 2.75) is 38.2 Å². The summed E-state index contributed by atoms with van der Waals surface area (Å²) in [6, 6.07) is 12.7. The standard InChI is InChI=1S/C21H17ClN2O4S.C2H6/c22-14-4-2-1-3-13(14)18(25)17-10-23-20(29-17)24-19(26)21(7-8-21)12-5-6-15-16(9-12)28-11-27-15;1-2/h1-6,9-10,18,25H,7-8,11H2,(H,23,24,26);1-2H3. The molecule has 1 aliphatic carbocycles. The third-order valence-corrected chi connectivity index (χ3v) is 6.63. The number of nitrogens with one attached hydrogen (secondary N) is 1. The van der Waals surface area contributed by atoms with Crippen molar-refractivity contribution in [2.24, 2.45) is 0 Å². The topological polar surface area (TPSA) is 80.7 Å². The number of hydrogen-bond donors (Lipinski definition) is 2. The number of aliphatic hydroxyl groups excluding tert-OH is 1. The van der Waals surface area contributed by atoms with Crippen molar-refractivity contribution in [3.63, 3.8) is 0 Å². The quantitative estimate of drug-likeness (QED) is 0.542. The number of halogens is 1. The summed E-state index contributed by atoms with van der Waals surface area (Å²) in [7, 11) is 0. The molecule has 1 atom stereocenters. The van der Waals surface area contributed by atoms with Crippen molar-refractivity contribution in [1.29, 1.82) is 0 Å². The van der Waals surface area contributed by atoms with Crippen LogP contribution >= 0.6 is 22.9 Å². The van der Waals surface area contributed by atoms with Crippen LogP contribution in [0.25, 0.3) is 0 Å². The van der Waals surface area contributed by atoms with Crippen LogP contribution in [0.3, 0.4) is 0 Å². The molecule has 6 nitrogen and oxygen atoms in total. The predicted molar refractivity (Wildman–Crippen MR) is 121 cm³/mol. The first kappa shape index (κ1) is 21.6. The van der Waals surface area contributed by atoms with Gasteiger partial charge < -0.3 is 19.9 Å².